The van der Waals surface area contributed by atoms with Gasteiger partial charge in [-0.2, -0.15) is 4.98 Å². The van der Waals surface area contributed by atoms with E-state index in [1.54, 1.807) is 12.1 Å². The summed E-state index contributed by atoms with van der Waals surface area (Å²) in [5.41, 5.74) is 0.981. The summed E-state index contributed by atoms with van der Waals surface area (Å²) in [7, 11) is 3.92. The number of hydrogen-bond acceptors (Lipinski definition) is 7. The molecule has 1 atom stereocenters. The van der Waals surface area contributed by atoms with Crippen LogP contribution in [0.1, 0.15) is 12.8 Å². The standard InChI is InChI=1S/C20H26F3N5O2/c1-28(2)9-8-24-19-26-17(12-18(27-19)25-13-16-7-4-10-29-16)14-5-3-6-15(11-14)30-20(21,22)23/h3,5-6,11-12,16H,4,7-10,13H2,1-2H3,(H2,24,25,26,27)/t16-/m0/s1. The van der Waals surface area contributed by atoms with Crippen molar-refractivity contribution >= 4 is 11.8 Å². The van der Waals surface area contributed by atoms with Crippen molar-refractivity contribution in [2.75, 3.05) is 51.0 Å². The molecule has 1 aromatic carbocycles. The molecule has 1 aliphatic rings. The molecule has 30 heavy (non-hydrogen) atoms. The average Bonchev–Trinajstić information content (AvgIpc) is 3.18. The lowest BCUT2D eigenvalue weighted by Crippen LogP contribution is -2.22. The number of benzene rings is 1. The van der Waals surface area contributed by atoms with E-state index < -0.39 is 6.36 Å². The number of nitrogens with one attached hydrogen (secondary N) is 2. The Morgan fingerprint density at radius 1 is 1.20 bits per heavy atom. The maximum Gasteiger partial charge on any atom is 0.573 e. The maximum absolute atomic E-state index is 12.6. The lowest BCUT2D eigenvalue weighted by molar-refractivity contribution is -0.274. The second-order valence-corrected chi connectivity index (χ2v) is 7.28. The zero-order chi connectivity index (χ0) is 21.6. The van der Waals surface area contributed by atoms with Gasteiger partial charge >= 0.3 is 6.36 Å². The van der Waals surface area contributed by atoms with Gasteiger partial charge in [-0.3, -0.25) is 0 Å². The molecular formula is C20H26F3N5O2. The van der Waals surface area contributed by atoms with Crippen molar-refractivity contribution in [3.8, 4) is 17.0 Å². The molecule has 2 aromatic rings. The summed E-state index contributed by atoms with van der Waals surface area (Å²) < 4.78 is 47.4. The van der Waals surface area contributed by atoms with Crippen molar-refractivity contribution in [1.29, 1.82) is 0 Å². The minimum atomic E-state index is -4.75. The van der Waals surface area contributed by atoms with E-state index >= 15 is 0 Å². The predicted molar refractivity (Wildman–Crippen MR) is 109 cm³/mol. The SMILES string of the molecule is CN(C)CCNc1nc(NC[C@@H]2CCCO2)cc(-c2cccc(OC(F)(F)F)c2)n1. The van der Waals surface area contributed by atoms with E-state index in [-0.39, 0.29) is 11.9 Å². The average molecular weight is 425 g/mol. The first-order valence-electron chi connectivity index (χ1n) is 9.78. The number of rotatable bonds is 9. The molecule has 0 bridgehead atoms. The van der Waals surface area contributed by atoms with Gasteiger partial charge in [-0.15, -0.1) is 13.2 Å². The number of alkyl halides is 3. The molecule has 1 saturated heterocycles. The molecule has 0 unspecified atom stereocenters. The molecule has 2 heterocycles. The van der Waals surface area contributed by atoms with Gasteiger partial charge in [0, 0.05) is 37.9 Å². The van der Waals surface area contributed by atoms with Crippen LogP contribution in [0, 0.1) is 0 Å². The van der Waals surface area contributed by atoms with Crippen LogP contribution in [-0.2, 0) is 4.74 Å². The first-order valence-corrected chi connectivity index (χ1v) is 9.78. The number of aromatic nitrogens is 2. The summed E-state index contributed by atoms with van der Waals surface area (Å²) in [6, 6.07) is 7.45. The molecule has 1 aliphatic heterocycles. The van der Waals surface area contributed by atoms with E-state index in [4.69, 9.17) is 4.74 Å². The second kappa shape index (κ2) is 9.94. The molecule has 2 N–H and O–H groups in total. The van der Waals surface area contributed by atoms with Crippen molar-refractivity contribution in [1.82, 2.24) is 14.9 Å². The predicted octanol–water partition coefficient (Wildman–Crippen LogP) is 3.61. The highest BCUT2D eigenvalue weighted by molar-refractivity contribution is 5.66. The van der Waals surface area contributed by atoms with Crippen LogP contribution in [0.15, 0.2) is 30.3 Å². The van der Waals surface area contributed by atoms with Gasteiger partial charge in [0.1, 0.15) is 11.6 Å². The fourth-order valence-electron chi connectivity index (χ4n) is 3.03. The van der Waals surface area contributed by atoms with Crippen molar-refractivity contribution in [2.24, 2.45) is 0 Å². The Hall–Kier alpha value is -2.59. The van der Waals surface area contributed by atoms with E-state index in [1.165, 1.54) is 18.2 Å². The number of ether oxygens (including phenoxy) is 2. The minimum absolute atomic E-state index is 0.122. The lowest BCUT2D eigenvalue weighted by Gasteiger charge is -2.15. The number of nitrogens with zero attached hydrogens (tertiary/aromatic N) is 3. The highest BCUT2D eigenvalue weighted by atomic mass is 19.4. The summed E-state index contributed by atoms with van der Waals surface area (Å²) in [6.45, 7) is 2.76. The highest BCUT2D eigenvalue weighted by Crippen LogP contribution is 2.28. The van der Waals surface area contributed by atoms with Crippen LogP contribution in [0.3, 0.4) is 0 Å². The first-order chi connectivity index (χ1) is 14.3. The van der Waals surface area contributed by atoms with Gasteiger partial charge in [-0.05, 0) is 39.1 Å². The van der Waals surface area contributed by atoms with Crippen LogP contribution >= 0.6 is 0 Å². The van der Waals surface area contributed by atoms with Crippen LogP contribution in [0.5, 0.6) is 5.75 Å². The van der Waals surface area contributed by atoms with Gasteiger partial charge in [0.15, 0.2) is 0 Å². The van der Waals surface area contributed by atoms with E-state index in [0.29, 0.717) is 36.1 Å². The Kier molecular flexibility index (Phi) is 7.33. The lowest BCUT2D eigenvalue weighted by atomic mass is 10.1. The van der Waals surface area contributed by atoms with Crippen molar-refractivity contribution in [3.05, 3.63) is 30.3 Å². The van der Waals surface area contributed by atoms with Gasteiger partial charge in [-0.25, -0.2) is 4.98 Å². The Bertz CT molecular complexity index is 826. The summed E-state index contributed by atoms with van der Waals surface area (Å²) >= 11 is 0. The number of likely N-dealkylation sites (N-methyl/N-ethyl adjacent to an activating group) is 1. The van der Waals surface area contributed by atoms with E-state index in [1.807, 2.05) is 19.0 Å². The van der Waals surface area contributed by atoms with Gasteiger partial charge in [-0.1, -0.05) is 12.1 Å². The quantitative estimate of drug-likeness (QED) is 0.636. The summed E-state index contributed by atoms with van der Waals surface area (Å²) in [6.07, 6.45) is -2.62. The fourth-order valence-corrected chi connectivity index (χ4v) is 3.03. The van der Waals surface area contributed by atoms with E-state index in [2.05, 4.69) is 25.3 Å². The van der Waals surface area contributed by atoms with Gasteiger partial charge in [0.05, 0.1) is 11.8 Å². The summed E-state index contributed by atoms with van der Waals surface area (Å²) in [5.74, 6) is 0.672. The highest BCUT2D eigenvalue weighted by Gasteiger charge is 2.31. The van der Waals surface area contributed by atoms with Crippen molar-refractivity contribution in [2.45, 2.75) is 25.3 Å². The Labute approximate surface area is 173 Å². The van der Waals surface area contributed by atoms with E-state index in [9.17, 15) is 13.2 Å². The van der Waals surface area contributed by atoms with Crippen LogP contribution in [0.25, 0.3) is 11.3 Å². The molecule has 0 saturated carbocycles. The zero-order valence-electron chi connectivity index (χ0n) is 17.0. The topological polar surface area (TPSA) is 71.5 Å². The van der Waals surface area contributed by atoms with Crippen molar-refractivity contribution in [3.63, 3.8) is 0 Å². The summed E-state index contributed by atoms with van der Waals surface area (Å²) in [5, 5.41) is 6.41. The molecule has 0 amide bonds. The zero-order valence-corrected chi connectivity index (χ0v) is 17.0. The third-order valence-corrected chi connectivity index (χ3v) is 4.47. The third kappa shape index (κ3) is 7.03. The second-order valence-electron chi connectivity index (χ2n) is 7.28. The van der Waals surface area contributed by atoms with E-state index in [0.717, 1.165) is 26.0 Å². The van der Waals surface area contributed by atoms with Gasteiger partial charge in [0.25, 0.3) is 0 Å². The molecule has 0 radical (unpaired) electrons. The number of halogens is 3. The van der Waals surface area contributed by atoms with Gasteiger partial charge in [0.2, 0.25) is 5.95 Å². The molecule has 7 nitrogen and oxygen atoms in total. The van der Waals surface area contributed by atoms with Crippen LogP contribution < -0.4 is 15.4 Å². The van der Waals surface area contributed by atoms with Crippen LogP contribution in [0.4, 0.5) is 24.9 Å². The van der Waals surface area contributed by atoms with Gasteiger partial charge < -0.3 is 25.0 Å². The minimum Gasteiger partial charge on any atom is -0.406 e. The molecule has 1 fully saturated rings. The maximum atomic E-state index is 12.6. The van der Waals surface area contributed by atoms with Crippen LogP contribution in [-0.4, -0.2) is 67.7 Å². The number of anilines is 2. The Morgan fingerprint density at radius 3 is 2.73 bits per heavy atom. The molecule has 0 spiro atoms. The Balaban J connectivity index is 1.82. The number of hydrogen-bond donors (Lipinski definition) is 2. The monoisotopic (exact) mass is 425 g/mol. The third-order valence-electron chi connectivity index (χ3n) is 4.47. The molecular weight excluding hydrogens is 399 g/mol. The fraction of sp³-hybridized carbons (Fsp3) is 0.500. The molecule has 0 aliphatic carbocycles. The molecule has 10 heteroatoms. The smallest absolute Gasteiger partial charge is 0.406 e. The first kappa shape index (κ1) is 22.1. The molecule has 1 aromatic heterocycles. The normalized spacial score (nSPS) is 16.7. The summed E-state index contributed by atoms with van der Waals surface area (Å²) in [4.78, 5) is 11.0. The largest absolute Gasteiger partial charge is 0.573 e. The van der Waals surface area contributed by atoms with Crippen LogP contribution in [0.2, 0.25) is 0 Å². The molecule has 3 rings (SSSR count). The Morgan fingerprint density at radius 2 is 2.03 bits per heavy atom. The molecule has 164 valence electrons. The van der Waals surface area contributed by atoms with Crippen molar-refractivity contribution < 1.29 is 22.6 Å².